The van der Waals surface area contributed by atoms with Crippen LogP contribution in [0, 0.1) is 17.8 Å². The van der Waals surface area contributed by atoms with Crippen LogP contribution in [0.15, 0.2) is 28.8 Å². The van der Waals surface area contributed by atoms with E-state index in [1.807, 2.05) is 24.3 Å². The highest BCUT2D eigenvalue weighted by Crippen LogP contribution is 2.55. The SMILES string of the molecule is NCc1ccc(-c2noc(CCNC(=O)NC34CC5CC(CC(C5)C3)C4)n2)cc1. The Morgan fingerprint density at radius 1 is 1.10 bits per heavy atom. The van der Waals surface area contributed by atoms with Gasteiger partial charge in [0.1, 0.15) is 0 Å². The summed E-state index contributed by atoms with van der Waals surface area (Å²) in [5.74, 6) is 3.53. The molecule has 0 aliphatic heterocycles. The molecule has 7 heteroatoms. The van der Waals surface area contributed by atoms with Crippen LogP contribution < -0.4 is 16.4 Å². The van der Waals surface area contributed by atoms with Gasteiger partial charge in [0.25, 0.3) is 0 Å². The van der Waals surface area contributed by atoms with Crippen LogP contribution in [-0.4, -0.2) is 28.3 Å². The Morgan fingerprint density at radius 3 is 2.38 bits per heavy atom. The highest BCUT2D eigenvalue weighted by Gasteiger charge is 2.51. The molecule has 0 atom stereocenters. The van der Waals surface area contributed by atoms with E-state index in [-0.39, 0.29) is 11.6 Å². The number of rotatable bonds is 6. The molecule has 4 fully saturated rings. The number of amides is 2. The maximum atomic E-state index is 12.5. The number of carbonyl (C=O) groups is 1. The summed E-state index contributed by atoms with van der Waals surface area (Å²) < 4.78 is 5.33. The lowest BCUT2D eigenvalue weighted by Crippen LogP contribution is -2.61. The maximum absolute atomic E-state index is 12.5. The molecule has 2 aromatic rings. The predicted octanol–water partition coefficient (Wildman–Crippen LogP) is 3.01. The smallest absolute Gasteiger partial charge is 0.315 e. The molecule has 1 aromatic carbocycles. The number of hydrogen-bond acceptors (Lipinski definition) is 5. The van der Waals surface area contributed by atoms with Gasteiger partial charge in [-0.1, -0.05) is 29.4 Å². The molecule has 0 unspecified atom stereocenters. The Kier molecular flexibility index (Phi) is 4.78. The van der Waals surface area contributed by atoms with Crippen molar-refractivity contribution in [1.82, 2.24) is 20.8 Å². The van der Waals surface area contributed by atoms with Crippen molar-refractivity contribution in [3.8, 4) is 11.4 Å². The number of carbonyl (C=O) groups excluding carboxylic acids is 1. The van der Waals surface area contributed by atoms with E-state index in [9.17, 15) is 4.79 Å². The van der Waals surface area contributed by atoms with Crippen LogP contribution in [0.2, 0.25) is 0 Å². The lowest BCUT2D eigenvalue weighted by molar-refractivity contribution is -0.0135. The fourth-order valence-electron chi connectivity index (χ4n) is 6.10. The number of nitrogens with zero attached hydrogens (tertiary/aromatic N) is 2. The van der Waals surface area contributed by atoms with Crippen molar-refractivity contribution >= 4 is 6.03 Å². The Morgan fingerprint density at radius 2 is 1.76 bits per heavy atom. The number of nitrogens with two attached hydrogens (primary N) is 1. The summed E-state index contributed by atoms with van der Waals surface area (Å²) in [6.07, 6.45) is 8.10. The standard InChI is InChI=1S/C22H29N5O2/c23-13-14-1-3-18(4-2-14)20-25-19(29-27-20)5-6-24-21(28)26-22-10-15-7-16(11-22)9-17(8-15)12-22/h1-4,15-17H,5-13,23H2,(H2,24,26,28). The summed E-state index contributed by atoms with van der Waals surface area (Å²) in [7, 11) is 0. The summed E-state index contributed by atoms with van der Waals surface area (Å²) in [6.45, 7) is 0.987. The van der Waals surface area contributed by atoms with Gasteiger partial charge in [0.05, 0.1) is 0 Å². The Bertz CT molecular complexity index is 840. The number of benzene rings is 1. The molecular formula is C22H29N5O2. The summed E-state index contributed by atoms with van der Waals surface area (Å²) in [5, 5.41) is 10.3. The van der Waals surface area contributed by atoms with E-state index in [1.165, 1.54) is 19.3 Å². The van der Waals surface area contributed by atoms with Gasteiger partial charge in [-0.2, -0.15) is 4.98 Å². The summed E-state index contributed by atoms with van der Waals surface area (Å²) in [4.78, 5) is 16.9. The van der Waals surface area contributed by atoms with Crippen LogP contribution in [0.3, 0.4) is 0 Å². The summed E-state index contributed by atoms with van der Waals surface area (Å²) >= 11 is 0. The number of aromatic nitrogens is 2. The number of nitrogens with one attached hydrogen (secondary N) is 2. The highest BCUT2D eigenvalue weighted by atomic mass is 16.5. The van der Waals surface area contributed by atoms with Crippen molar-refractivity contribution in [2.75, 3.05) is 6.54 Å². The average Bonchev–Trinajstić information content (AvgIpc) is 3.15. The van der Waals surface area contributed by atoms with E-state index in [0.717, 1.165) is 48.1 Å². The third-order valence-electron chi connectivity index (χ3n) is 6.96. The van der Waals surface area contributed by atoms with Crippen molar-refractivity contribution in [1.29, 1.82) is 0 Å². The lowest BCUT2D eigenvalue weighted by Gasteiger charge is -2.56. The van der Waals surface area contributed by atoms with Crippen molar-refractivity contribution < 1.29 is 9.32 Å². The van der Waals surface area contributed by atoms with Gasteiger partial charge < -0.3 is 20.9 Å². The van der Waals surface area contributed by atoms with E-state index in [0.29, 0.717) is 31.2 Å². The van der Waals surface area contributed by atoms with Gasteiger partial charge in [-0.3, -0.25) is 0 Å². The monoisotopic (exact) mass is 395 g/mol. The Hall–Kier alpha value is -2.41. The second kappa shape index (κ2) is 7.44. The van der Waals surface area contributed by atoms with Gasteiger partial charge >= 0.3 is 6.03 Å². The molecule has 0 radical (unpaired) electrons. The molecular weight excluding hydrogens is 366 g/mol. The van der Waals surface area contributed by atoms with Gasteiger partial charge in [0.2, 0.25) is 11.7 Å². The van der Waals surface area contributed by atoms with E-state index < -0.39 is 0 Å². The zero-order chi connectivity index (χ0) is 19.8. The van der Waals surface area contributed by atoms with Crippen LogP contribution in [0.5, 0.6) is 0 Å². The second-order valence-electron chi connectivity index (χ2n) is 9.24. The molecule has 0 spiro atoms. The minimum Gasteiger partial charge on any atom is -0.339 e. The molecule has 0 saturated heterocycles. The molecule has 4 N–H and O–H groups in total. The Balaban J connectivity index is 1.12. The molecule has 1 aromatic heterocycles. The van der Waals surface area contributed by atoms with Crippen molar-refractivity contribution in [2.45, 2.75) is 57.0 Å². The van der Waals surface area contributed by atoms with Gasteiger partial charge in [-0.05, 0) is 61.8 Å². The zero-order valence-corrected chi connectivity index (χ0v) is 16.7. The molecule has 4 aliphatic rings. The van der Waals surface area contributed by atoms with Crippen LogP contribution >= 0.6 is 0 Å². The van der Waals surface area contributed by atoms with E-state index >= 15 is 0 Å². The molecule has 29 heavy (non-hydrogen) atoms. The normalized spacial score (nSPS) is 29.8. The molecule has 4 aliphatic carbocycles. The largest absolute Gasteiger partial charge is 0.339 e. The highest BCUT2D eigenvalue weighted by molar-refractivity contribution is 5.74. The van der Waals surface area contributed by atoms with E-state index in [1.54, 1.807) is 0 Å². The molecule has 4 saturated carbocycles. The molecule has 4 bridgehead atoms. The van der Waals surface area contributed by atoms with Gasteiger partial charge in [-0.15, -0.1) is 0 Å². The summed E-state index contributed by atoms with van der Waals surface area (Å²) in [5.41, 5.74) is 7.62. The first-order valence-electron chi connectivity index (χ1n) is 10.8. The van der Waals surface area contributed by atoms with E-state index in [4.69, 9.17) is 10.3 Å². The van der Waals surface area contributed by atoms with Crippen LogP contribution in [0.1, 0.15) is 50.0 Å². The van der Waals surface area contributed by atoms with E-state index in [2.05, 4.69) is 20.8 Å². The fraction of sp³-hybridized carbons (Fsp3) is 0.591. The summed E-state index contributed by atoms with van der Waals surface area (Å²) in [6, 6.07) is 7.73. The third-order valence-corrected chi connectivity index (χ3v) is 6.96. The van der Waals surface area contributed by atoms with Gasteiger partial charge in [0, 0.05) is 30.6 Å². The lowest BCUT2D eigenvalue weighted by atomic mass is 9.53. The molecule has 154 valence electrons. The van der Waals surface area contributed by atoms with Crippen molar-refractivity contribution in [3.63, 3.8) is 0 Å². The first-order chi connectivity index (χ1) is 14.1. The van der Waals surface area contributed by atoms with Gasteiger partial charge in [-0.25, -0.2) is 4.79 Å². The third kappa shape index (κ3) is 3.88. The second-order valence-corrected chi connectivity index (χ2v) is 9.24. The fourth-order valence-corrected chi connectivity index (χ4v) is 6.10. The average molecular weight is 396 g/mol. The predicted molar refractivity (Wildman–Crippen MR) is 109 cm³/mol. The minimum atomic E-state index is -0.0657. The molecule has 6 rings (SSSR count). The quantitative estimate of drug-likeness (QED) is 0.697. The first-order valence-corrected chi connectivity index (χ1v) is 10.8. The van der Waals surface area contributed by atoms with Crippen molar-refractivity contribution in [3.05, 3.63) is 35.7 Å². The van der Waals surface area contributed by atoms with Crippen LogP contribution in [0.25, 0.3) is 11.4 Å². The maximum Gasteiger partial charge on any atom is 0.315 e. The topological polar surface area (TPSA) is 106 Å². The molecule has 2 amide bonds. The first kappa shape index (κ1) is 18.6. The number of urea groups is 1. The minimum absolute atomic E-state index is 0.0339. The Labute approximate surface area is 170 Å². The zero-order valence-electron chi connectivity index (χ0n) is 16.7. The number of hydrogen-bond donors (Lipinski definition) is 3. The van der Waals surface area contributed by atoms with Crippen molar-refractivity contribution in [2.24, 2.45) is 23.5 Å². The molecule has 7 nitrogen and oxygen atoms in total. The van der Waals surface area contributed by atoms with Gasteiger partial charge in [0.15, 0.2) is 0 Å². The molecule has 1 heterocycles. The van der Waals surface area contributed by atoms with Crippen LogP contribution in [0.4, 0.5) is 4.79 Å². The van der Waals surface area contributed by atoms with Crippen LogP contribution in [-0.2, 0) is 13.0 Å².